The van der Waals surface area contributed by atoms with Crippen molar-refractivity contribution in [2.45, 2.75) is 4.90 Å². The number of anilines is 1. The number of fused-ring (bicyclic) bond motifs is 1. The Kier molecular flexibility index (Phi) is 3.04. The predicted molar refractivity (Wildman–Crippen MR) is 68.3 cm³/mol. The van der Waals surface area contributed by atoms with Crippen molar-refractivity contribution in [3.8, 4) is 0 Å². The molecule has 0 amide bonds. The van der Waals surface area contributed by atoms with E-state index in [0.29, 0.717) is 5.13 Å². The summed E-state index contributed by atoms with van der Waals surface area (Å²) in [4.78, 5) is 4.43. The Morgan fingerprint density at radius 1 is 1.41 bits per heavy atom. The Bertz CT molecular complexity index is 648. The molecular formula is C9H12N4O2S2. The van der Waals surface area contributed by atoms with Crippen LogP contribution in [0.4, 0.5) is 5.13 Å². The number of rotatable bonds is 3. The van der Waals surface area contributed by atoms with Gasteiger partial charge in [-0.1, -0.05) is 11.3 Å². The highest BCUT2D eigenvalue weighted by Crippen LogP contribution is 2.28. The standard InChI is InChI=1S/C9H12N4O2S2/c1-13(2)17(14,15)6-3-4-7-8(5-6)16-9(11-7)12-10/h3-5H,10H2,1-2H3,(H,11,12). The van der Waals surface area contributed by atoms with Crippen LogP contribution in [0.2, 0.25) is 0 Å². The van der Waals surface area contributed by atoms with Gasteiger partial charge in [0.1, 0.15) is 0 Å². The summed E-state index contributed by atoms with van der Waals surface area (Å²) in [5.74, 6) is 5.26. The molecular weight excluding hydrogens is 260 g/mol. The summed E-state index contributed by atoms with van der Waals surface area (Å²) in [6.45, 7) is 0. The van der Waals surface area contributed by atoms with Gasteiger partial charge >= 0.3 is 0 Å². The van der Waals surface area contributed by atoms with E-state index in [-0.39, 0.29) is 4.90 Å². The van der Waals surface area contributed by atoms with E-state index in [1.54, 1.807) is 12.1 Å². The lowest BCUT2D eigenvalue weighted by atomic mass is 10.3. The molecule has 0 aliphatic rings. The van der Waals surface area contributed by atoms with E-state index in [1.807, 2.05) is 0 Å². The summed E-state index contributed by atoms with van der Waals surface area (Å²) < 4.78 is 25.8. The van der Waals surface area contributed by atoms with Crippen molar-refractivity contribution in [1.82, 2.24) is 9.29 Å². The zero-order chi connectivity index (χ0) is 12.6. The van der Waals surface area contributed by atoms with E-state index in [9.17, 15) is 8.42 Å². The Balaban J connectivity index is 2.59. The van der Waals surface area contributed by atoms with E-state index < -0.39 is 10.0 Å². The van der Waals surface area contributed by atoms with E-state index in [2.05, 4.69) is 10.4 Å². The molecule has 0 unspecified atom stereocenters. The number of hydrazine groups is 1. The number of sulfonamides is 1. The summed E-state index contributed by atoms with van der Waals surface area (Å²) >= 11 is 1.31. The molecule has 1 aromatic carbocycles. The SMILES string of the molecule is CN(C)S(=O)(=O)c1ccc2nc(NN)sc2c1. The third-order valence-corrected chi connectivity index (χ3v) is 5.02. The molecule has 6 nitrogen and oxygen atoms in total. The molecule has 0 saturated heterocycles. The smallest absolute Gasteiger partial charge is 0.242 e. The minimum atomic E-state index is -3.41. The second-order valence-electron chi connectivity index (χ2n) is 3.58. The molecule has 1 heterocycles. The normalized spacial score (nSPS) is 12.2. The second-order valence-corrected chi connectivity index (χ2v) is 6.76. The van der Waals surface area contributed by atoms with Gasteiger partial charge in [-0.2, -0.15) is 0 Å². The van der Waals surface area contributed by atoms with Gasteiger partial charge in [0.25, 0.3) is 0 Å². The number of nitrogen functional groups attached to an aromatic ring is 1. The van der Waals surface area contributed by atoms with Crippen LogP contribution >= 0.6 is 11.3 Å². The molecule has 0 saturated carbocycles. The molecule has 17 heavy (non-hydrogen) atoms. The van der Waals surface area contributed by atoms with Crippen LogP contribution in [-0.2, 0) is 10.0 Å². The summed E-state index contributed by atoms with van der Waals surface area (Å²) in [5, 5.41) is 0.555. The van der Waals surface area contributed by atoms with Gasteiger partial charge in [0.05, 0.1) is 15.1 Å². The van der Waals surface area contributed by atoms with Gasteiger partial charge in [0.15, 0.2) is 5.13 Å². The highest BCUT2D eigenvalue weighted by molar-refractivity contribution is 7.89. The van der Waals surface area contributed by atoms with Crippen LogP contribution in [0.25, 0.3) is 10.2 Å². The molecule has 0 radical (unpaired) electrons. The molecule has 2 rings (SSSR count). The number of nitrogens with zero attached hydrogens (tertiary/aromatic N) is 2. The molecule has 2 aromatic rings. The van der Waals surface area contributed by atoms with Gasteiger partial charge in [0.2, 0.25) is 10.0 Å². The number of aromatic nitrogens is 1. The lowest BCUT2D eigenvalue weighted by molar-refractivity contribution is 0.521. The monoisotopic (exact) mass is 272 g/mol. The first-order valence-corrected chi connectivity index (χ1v) is 7.00. The maximum atomic E-state index is 11.9. The lowest BCUT2D eigenvalue weighted by Crippen LogP contribution is -2.22. The largest absolute Gasteiger partial charge is 0.300 e. The van der Waals surface area contributed by atoms with E-state index in [1.165, 1.54) is 35.8 Å². The topological polar surface area (TPSA) is 88.3 Å². The van der Waals surface area contributed by atoms with Crippen molar-refractivity contribution in [3.05, 3.63) is 18.2 Å². The van der Waals surface area contributed by atoms with Gasteiger partial charge in [-0.05, 0) is 18.2 Å². The van der Waals surface area contributed by atoms with Crippen LogP contribution in [0, 0.1) is 0 Å². The Labute approximate surface area is 103 Å². The van der Waals surface area contributed by atoms with Crippen molar-refractivity contribution < 1.29 is 8.42 Å². The first-order valence-electron chi connectivity index (χ1n) is 4.75. The van der Waals surface area contributed by atoms with Gasteiger partial charge in [0, 0.05) is 14.1 Å². The van der Waals surface area contributed by atoms with Gasteiger partial charge in [-0.3, -0.25) is 5.43 Å². The molecule has 0 aliphatic heterocycles. The number of hydrogen-bond donors (Lipinski definition) is 2. The number of nitrogens with two attached hydrogens (primary N) is 1. The fraction of sp³-hybridized carbons (Fsp3) is 0.222. The summed E-state index contributed by atoms with van der Waals surface area (Å²) in [6.07, 6.45) is 0. The molecule has 0 bridgehead atoms. The average Bonchev–Trinajstić information content (AvgIpc) is 2.70. The van der Waals surface area contributed by atoms with Crippen LogP contribution in [-0.4, -0.2) is 31.8 Å². The summed E-state index contributed by atoms with van der Waals surface area (Å²) in [6, 6.07) is 4.81. The van der Waals surface area contributed by atoms with Crippen LogP contribution in [0.5, 0.6) is 0 Å². The minimum absolute atomic E-state index is 0.252. The zero-order valence-corrected chi connectivity index (χ0v) is 11.0. The minimum Gasteiger partial charge on any atom is -0.300 e. The summed E-state index contributed by atoms with van der Waals surface area (Å²) in [5.41, 5.74) is 3.17. The van der Waals surface area contributed by atoms with E-state index >= 15 is 0 Å². The molecule has 8 heteroatoms. The van der Waals surface area contributed by atoms with Gasteiger partial charge in [-0.25, -0.2) is 23.5 Å². The van der Waals surface area contributed by atoms with E-state index in [4.69, 9.17) is 5.84 Å². The molecule has 0 fully saturated rings. The van der Waals surface area contributed by atoms with Crippen molar-refractivity contribution in [2.75, 3.05) is 19.5 Å². The fourth-order valence-electron chi connectivity index (χ4n) is 1.34. The third-order valence-electron chi connectivity index (χ3n) is 2.26. The molecule has 92 valence electrons. The van der Waals surface area contributed by atoms with Crippen molar-refractivity contribution in [2.24, 2.45) is 5.84 Å². The maximum Gasteiger partial charge on any atom is 0.242 e. The number of nitrogens with one attached hydrogen (secondary N) is 1. The van der Waals surface area contributed by atoms with Crippen molar-refractivity contribution in [1.29, 1.82) is 0 Å². The number of benzene rings is 1. The van der Waals surface area contributed by atoms with Gasteiger partial charge in [-0.15, -0.1) is 0 Å². The lowest BCUT2D eigenvalue weighted by Gasteiger charge is -2.10. The van der Waals surface area contributed by atoms with Crippen LogP contribution in [0.3, 0.4) is 0 Å². The Hall–Kier alpha value is -1.22. The highest BCUT2D eigenvalue weighted by Gasteiger charge is 2.18. The third kappa shape index (κ3) is 2.12. The quantitative estimate of drug-likeness (QED) is 0.638. The Morgan fingerprint density at radius 3 is 2.71 bits per heavy atom. The first kappa shape index (κ1) is 12.2. The summed E-state index contributed by atoms with van der Waals surface area (Å²) in [7, 11) is -0.407. The maximum absolute atomic E-state index is 11.9. The van der Waals surface area contributed by atoms with Crippen molar-refractivity contribution in [3.63, 3.8) is 0 Å². The fourth-order valence-corrected chi connectivity index (χ4v) is 3.16. The number of hydrogen-bond acceptors (Lipinski definition) is 6. The van der Waals surface area contributed by atoms with Crippen molar-refractivity contribution >= 4 is 36.7 Å². The molecule has 0 atom stereocenters. The molecule has 0 aliphatic carbocycles. The second kappa shape index (κ2) is 4.22. The van der Waals surface area contributed by atoms with Crippen LogP contribution in [0.15, 0.2) is 23.1 Å². The predicted octanol–water partition coefficient (Wildman–Crippen LogP) is 0.832. The van der Waals surface area contributed by atoms with E-state index in [0.717, 1.165) is 10.2 Å². The zero-order valence-electron chi connectivity index (χ0n) is 9.34. The Morgan fingerprint density at radius 2 is 2.12 bits per heavy atom. The van der Waals surface area contributed by atoms with Crippen LogP contribution < -0.4 is 11.3 Å². The number of thiazole rings is 1. The molecule has 1 aromatic heterocycles. The average molecular weight is 272 g/mol. The first-order chi connectivity index (χ1) is 7.95. The van der Waals surface area contributed by atoms with Crippen LogP contribution in [0.1, 0.15) is 0 Å². The molecule has 3 N–H and O–H groups in total. The molecule has 0 spiro atoms. The highest BCUT2D eigenvalue weighted by atomic mass is 32.2. The van der Waals surface area contributed by atoms with Gasteiger partial charge < -0.3 is 0 Å².